The summed E-state index contributed by atoms with van der Waals surface area (Å²) >= 11 is 6.42. The van der Waals surface area contributed by atoms with Crippen LogP contribution in [-0.4, -0.2) is 32.2 Å². The standard InChI is InChI=1S/C17H19NO3S2/c1-4-11(3)14(16(20)21)18-15(19)13(23-17(18)22)9-12-7-5-6-10(2)8-12/h5-9,11,14H,4H2,1-3H3,(H,20,21)/b13-9-/t11-,14-/m0/s1. The van der Waals surface area contributed by atoms with Crippen LogP contribution < -0.4 is 0 Å². The van der Waals surface area contributed by atoms with Crippen molar-refractivity contribution in [1.29, 1.82) is 0 Å². The minimum absolute atomic E-state index is 0.173. The van der Waals surface area contributed by atoms with Crippen LogP contribution in [0.25, 0.3) is 6.08 Å². The van der Waals surface area contributed by atoms with Crippen LogP contribution in [0.15, 0.2) is 29.2 Å². The fourth-order valence-corrected chi connectivity index (χ4v) is 3.79. The molecule has 6 heteroatoms. The van der Waals surface area contributed by atoms with Gasteiger partial charge in [-0.2, -0.15) is 0 Å². The second-order valence-corrected chi connectivity index (χ2v) is 7.31. The number of thioether (sulfide) groups is 1. The van der Waals surface area contributed by atoms with Crippen molar-refractivity contribution in [2.75, 3.05) is 0 Å². The smallest absolute Gasteiger partial charge is 0.327 e. The van der Waals surface area contributed by atoms with Crippen molar-refractivity contribution in [3.05, 3.63) is 40.3 Å². The van der Waals surface area contributed by atoms with E-state index >= 15 is 0 Å². The predicted molar refractivity (Wildman–Crippen MR) is 97.1 cm³/mol. The first-order valence-electron chi connectivity index (χ1n) is 7.41. The Bertz CT molecular complexity index is 684. The Morgan fingerprint density at radius 1 is 1.48 bits per heavy atom. The van der Waals surface area contributed by atoms with Gasteiger partial charge < -0.3 is 5.11 Å². The summed E-state index contributed by atoms with van der Waals surface area (Å²) in [4.78, 5) is 26.0. The fraction of sp³-hybridized carbons (Fsp3) is 0.353. The van der Waals surface area contributed by atoms with Crippen molar-refractivity contribution >= 4 is 46.3 Å². The number of carbonyl (C=O) groups excluding carboxylic acids is 1. The Morgan fingerprint density at radius 2 is 2.17 bits per heavy atom. The number of nitrogens with zero attached hydrogens (tertiary/aromatic N) is 1. The highest BCUT2D eigenvalue weighted by Gasteiger charge is 2.42. The molecule has 1 fully saturated rings. The number of hydrogen-bond acceptors (Lipinski definition) is 4. The van der Waals surface area contributed by atoms with Crippen LogP contribution in [-0.2, 0) is 9.59 Å². The van der Waals surface area contributed by atoms with Crippen molar-refractivity contribution in [3.63, 3.8) is 0 Å². The molecule has 1 aliphatic rings. The maximum atomic E-state index is 12.7. The predicted octanol–water partition coefficient (Wildman–Crippen LogP) is 3.70. The molecule has 0 aliphatic carbocycles. The van der Waals surface area contributed by atoms with Crippen LogP contribution in [0.1, 0.15) is 31.4 Å². The number of carboxylic acids is 1. The SMILES string of the molecule is CC[C@H](C)[C@@H](C(=O)O)N1C(=O)/C(=C/c2cccc(C)c2)SC1=S. The van der Waals surface area contributed by atoms with E-state index in [0.717, 1.165) is 22.9 Å². The Morgan fingerprint density at radius 3 is 2.74 bits per heavy atom. The molecule has 0 saturated carbocycles. The van der Waals surface area contributed by atoms with E-state index in [0.29, 0.717) is 15.6 Å². The van der Waals surface area contributed by atoms with Gasteiger partial charge in [-0.15, -0.1) is 0 Å². The molecule has 122 valence electrons. The number of rotatable bonds is 5. The van der Waals surface area contributed by atoms with Gasteiger partial charge in [0.1, 0.15) is 10.4 Å². The average Bonchev–Trinajstić information content (AvgIpc) is 2.75. The maximum Gasteiger partial charge on any atom is 0.327 e. The Kier molecular flexibility index (Phi) is 5.59. The zero-order chi connectivity index (χ0) is 17.1. The van der Waals surface area contributed by atoms with Crippen molar-refractivity contribution < 1.29 is 14.7 Å². The van der Waals surface area contributed by atoms with Crippen LogP contribution in [0.3, 0.4) is 0 Å². The molecule has 1 amide bonds. The molecule has 2 rings (SSSR count). The van der Waals surface area contributed by atoms with Crippen LogP contribution in [0.2, 0.25) is 0 Å². The lowest BCUT2D eigenvalue weighted by molar-refractivity contribution is -0.147. The molecule has 23 heavy (non-hydrogen) atoms. The Balaban J connectivity index is 2.34. The summed E-state index contributed by atoms with van der Waals surface area (Å²) in [6.45, 7) is 5.70. The van der Waals surface area contributed by atoms with Gasteiger partial charge in [0.15, 0.2) is 0 Å². The van der Waals surface area contributed by atoms with E-state index in [2.05, 4.69) is 0 Å². The normalized spacial score (nSPS) is 19.3. The molecule has 0 radical (unpaired) electrons. The molecule has 1 saturated heterocycles. The van der Waals surface area contributed by atoms with Gasteiger partial charge in [0, 0.05) is 0 Å². The first-order valence-corrected chi connectivity index (χ1v) is 8.64. The number of aryl methyl sites for hydroxylation is 1. The van der Waals surface area contributed by atoms with Crippen LogP contribution >= 0.6 is 24.0 Å². The molecule has 1 aromatic rings. The molecular formula is C17H19NO3S2. The molecule has 2 atom stereocenters. The highest BCUT2D eigenvalue weighted by Crippen LogP contribution is 2.36. The first-order chi connectivity index (χ1) is 10.8. The lowest BCUT2D eigenvalue weighted by Gasteiger charge is -2.27. The van der Waals surface area contributed by atoms with E-state index in [4.69, 9.17) is 12.2 Å². The van der Waals surface area contributed by atoms with Gasteiger partial charge in [-0.1, -0.05) is 74.1 Å². The maximum absolute atomic E-state index is 12.7. The van der Waals surface area contributed by atoms with E-state index in [9.17, 15) is 14.7 Å². The first kappa shape index (κ1) is 17.7. The van der Waals surface area contributed by atoms with Gasteiger partial charge in [-0.05, 0) is 24.5 Å². The van der Waals surface area contributed by atoms with Crippen molar-refractivity contribution in [2.24, 2.45) is 5.92 Å². The highest BCUT2D eigenvalue weighted by molar-refractivity contribution is 8.26. The summed E-state index contributed by atoms with van der Waals surface area (Å²) in [5.41, 5.74) is 2.00. The number of benzene rings is 1. The van der Waals surface area contributed by atoms with E-state index < -0.39 is 12.0 Å². The number of hydrogen-bond donors (Lipinski definition) is 1. The lowest BCUT2D eigenvalue weighted by atomic mass is 9.98. The van der Waals surface area contributed by atoms with Crippen LogP contribution in [0.4, 0.5) is 0 Å². The van der Waals surface area contributed by atoms with Crippen molar-refractivity contribution in [2.45, 2.75) is 33.2 Å². The molecule has 1 aromatic carbocycles. The minimum atomic E-state index is -1.02. The van der Waals surface area contributed by atoms with E-state index in [1.807, 2.05) is 45.0 Å². The third-order valence-electron chi connectivity index (χ3n) is 3.88. The highest BCUT2D eigenvalue weighted by atomic mass is 32.2. The van der Waals surface area contributed by atoms with Crippen molar-refractivity contribution in [3.8, 4) is 0 Å². The van der Waals surface area contributed by atoms with Crippen molar-refractivity contribution in [1.82, 2.24) is 4.90 Å². The third-order valence-corrected chi connectivity index (χ3v) is 5.21. The Labute approximate surface area is 145 Å². The summed E-state index contributed by atoms with van der Waals surface area (Å²) in [6.07, 6.45) is 2.42. The summed E-state index contributed by atoms with van der Waals surface area (Å²) in [7, 11) is 0. The van der Waals surface area contributed by atoms with E-state index in [1.54, 1.807) is 6.08 Å². The molecular weight excluding hydrogens is 330 g/mol. The monoisotopic (exact) mass is 349 g/mol. The van der Waals surface area contributed by atoms with Crippen LogP contribution in [0.5, 0.6) is 0 Å². The quantitative estimate of drug-likeness (QED) is 0.649. The molecule has 0 bridgehead atoms. The summed E-state index contributed by atoms with van der Waals surface area (Å²) in [5.74, 6) is -1.52. The number of aliphatic carboxylic acids is 1. The number of thiocarbonyl (C=S) groups is 1. The molecule has 4 nitrogen and oxygen atoms in total. The second-order valence-electron chi connectivity index (χ2n) is 5.63. The average molecular weight is 349 g/mol. The summed E-state index contributed by atoms with van der Waals surface area (Å²) < 4.78 is 0.307. The van der Waals surface area contributed by atoms with Gasteiger partial charge in [0.25, 0.3) is 5.91 Å². The minimum Gasteiger partial charge on any atom is -0.480 e. The molecule has 1 aliphatic heterocycles. The zero-order valence-corrected chi connectivity index (χ0v) is 14.9. The van der Waals surface area contributed by atoms with E-state index in [-0.39, 0.29) is 11.8 Å². The molecule has 1 heterocycles. The molecule has 0 aromatic heterocycles. The summed E-state index contributed by atoms with van der Waals surface area (Å²) in [5, 5.41) is 9.50. The number of carbonyl (C=O) groups is 2. The topological polar surface area (TPSA) is 57.6 Å². The Hall–Kier alpha value is -1.66. The van der Waals surface area contributed by atoms with Gasteiger partial charge >= 0.3 is 5.97 Å². The largest absolute Gasteiger partial charge is 0.480 e. The van der Waals surface area contributed by atoms with Gasteiger partial charge in [0.05, 0.1) is 4.91 Å². The van der Waals surface area contributed by atoms with Gasteiger partial charge in [-0.3, -0.25) is 9.69 Å². The lowest BCUT2D eigenvalue weighted by Crippen LogP contribution is -2.47. The summed E-state index contributed by atoms with van der Waals surface area (Å²) in [6, 6.07) is 6.85. The fourth-order valence-electron chi connectivity index (χ4n) is 2.46. The van der Waals surface area contributed by atoms with E-state index in [1.165, 1.54) is 4.90 Å². The molecule has 0 unspecified atom stereocenters. The number of amides is 1. The molecule has 0 spiro atoms. The molecule has 1 N–H and O–H groups in total. The third kappa shape index (κ3) is 3.82. The zero-order valence-electron chi connectivity index (χ0n) is 13.3. The van der Waals surface area contributed by atoms with Gasteiger partial charge in [-0.25, -0.2) is 4.79 Å². The number of carboxylic acid groups (broad SMARTS) is 1. The van der Waals surface area contributed by atoms with Crippen LogP contribution in [0, 0.1) is 12.8 Å². The second kappa shape index (κ2) is 7.27. The van der Waals surface area contributed by atoms with Gasteiger partial charge in [0.2, 0.25) is 0 Å².